The Labute approximate surface area is 183 Å². The third-order valence-corrected chi connectivity index (χ3v) is 5.88. The summed E-state index contributed by atoms with van der Waals surface area (Å²) in [6.45, 7) is 2.01. The zero-order valence-corrected chi connectivity index (χ0v) is 17.7. The molecule has 0 fully saturated rings. The predicted octanol–water partition coefficient (Wildman–Crippen LogP) is 5.45. The van der Waals surface area contributed by atoms with E-state index in [9.17, 15) is 14.9 Å². The summed E-state index contributed by atoms with van der Waals surface area (Å²) in [6.07, 6.45) is 0. The molecule has 0 aliphatic rings. The maximum atomic E-state index is 12.4. The number of thiophene rings is 1. The molecule has 4 rings (SSSR count). The molecule has 0 aliphatic carbocycles. The van der Waals surface area contributed by atoms with Crippen molar-refractivity contribution in [3.63, 3.8) is 0 Å². The molecule has 31 heavy (non-hydrogen) atoms. The molecule has 2 aromatic heterocycles. The lowest BCUT2D eigenvalue weighted by Gasteiger charge is -2.01. The van der Waals surface area contributed by atoms with Gasteiger partial charge in [-0.05, 0) is 48.2 Å². The minimum absolute atomic E-state index is 0.0980. The Morgan fingerprint density at radius 3 is 2.68 bits per heavy atom. The van der Waals surface area contributed by atoms with Gasteiger partial charge in [0.25, 0.3) is 11.6 Å². The van der Waals surface area contributed by atoms with Gasteiger partial charge in [-0.2, -0.15) is 0 Å². The lowest BCUT2D eigenvalue weighted by atomic mass is 10.2. The van der Waals surface area contributed by atoms with Crippen molar-refractivity contribution in [2.24, 2.45) is 15.3 Å². The first-order chi connectivity index (χ1) is 15.0. The van der Waals surface area contributed by atoms with Crippen LogP contribution in [-0.4, -0.2) is 21.7 Å². The number of amidine groups is 1. The van der Waals surface area contributed by atoms with Crippen molar-refractivity contribution in [1.29, 1.82) is 0 Å². The highest BCUT2D eigenvalue weighted by Gasteiger charge is 2.11. The number of aromatic nitrogens is 1. The third-order valence-electron chi connectivity index (χ3n) is 4.11. The lowest BCUT2D eigenvalue weighted by Crippen LogP contribution is -2.19. The number of carbonyl (C=O) groups is 1. The van der Waals surface area contributed by atoms with Crippen LogP contribution in [0.15, 0.2) is 75.3 Å². The number of thiazole rings is 1. The first-order valence-corrected chi connectivity index (χ1v) is 10.6. The summed E-state index contributed by atoms with van der Waals surface area (Å²) < 4.78 is 1.01. The molecule has 1 amide bonds. The van der Waals surface area contributed by atoms with Crippen LogP contribution in [0.1, 0.15) is 20.8 Å². The molecular formula is C20H14N6O3S2. The molecule has 0 saturated heterocycles. The highest BCUT2D eigenvalue weighted by atomic mass is 32.1. The Bertz CT molecular complexity index is 1310. The van der Waals surface area contributed by atoms with Gasteiger partial charge in [-0.3, -0.25) is 14.9 Å². The Kier molecular flexibility index (Phi) is 5.87. The van der Waals surface area contributed by atoms with E-state index in [0.29, 0.717) is 10.0 Å². The van der Waals surface area contributed by atoms with E-state index < -0.39 is 10.8 Å². The number of benzene rings is 2. The molecule has 154 valence electrons. The molecule has 9 nitrogen and oxygen atoms in total. The Hall–Kier alpha value is -3.83. The van der Waals surface area contributed by atoms with Crippen LogP contribution >= 0.6 is 22.7 Å². The number of hydrazone groups is 1. The van der Waals surface area contributed by atoms with Gasteiger partial charge in [0.15, 0.2) is 0 Å². The van der Waals surface area contributed by atoms with Crippen LogP contribution in [0.2, 0.25) is 0 Å². The first kappa shape index (κ1) is 20.4. The summed E-state index contributed by atoms with van der Waals surface area (Å²) in [5.41, 5.74) is 4.53. The van der Waals surface area contributed by atoms with Gasteiger partial charge in [0.2, 0.25) is 11.0 Å². The van der Waals surface area contributed by atoms with Gasteiger partial charge in [0, 0.05) is 17.7 Å². The zero-order valence-electron chi connectivity index (χ0n) is 16.1. The van der Waals surface area contributed by atoms with Crippen molar-refractivity contribution in [2.75, 3.05) is 0 Å². The molecule has 4 aromatic rings. The lowest BCUT2D eigenvalue weighted by molar-refractivity contribution is -0.384. The fourth-order valence-electron chi connectivity index (χ4n) is 2.59. The van der Waals surface area contributed by atoms with Gasteiger partial charge in [0.05, 0.1) is 20.0 Å². The van der Waals surface area contributed by atoms with Crippen molar-refractivity contribution in [1.82, 2.24) is 10.4 Å². The molecule has 0 radical (unpaired) electrons. The van der Waals surface area contributed by atoms with Crippen molar-refractivity contribution in [3.8, 4) is 0 Å². The van der Waals surface area contributed by atoms with Gasteiger partial charge in [-0.15, -0.1) is 26.7 Å². The van der Waals surface area contributed by atoms with E-state index in [0.717, 1.165) is 15.8 Å². The zero-order chi connectivity index (χ0) is 21.8. The number of nitrogens with zero attached hydrogens (tertiary/aromatic N) is 5. The maximum absolute atomic E-state index is 12.4. The summed E-state index contributed by atoms with van der Waals surface area (Å²) in [4.78, 5) is 27.7. The second-order valence-electron chi connectivity index (χ2n) is 6.33. The van der Waals surface area contributed by atoms with Gasteiger partial charge >= 0.3 is 0 Å². The Morgan fingerprint density at radius 1 is 1.16 bits per heavy atom. The molecule has 0 bridgehead atoms. The van der Waals surface area contributed by atoms with Gasteiger partial charge in [0.1, 0.15) is 0 Å². The molecule has 0 spiro atoms. The molecule has 0 saturated carbocycles. The second-order valence-corrected chi connectivity index (χ2v) is 8.28. The van der Waals surface area contributed by atoms with Crippen molar-refractivity contribution in [2.45, 2.75) is 6.92 Å². The van der Waals surface area contributed by atoms with E-state index in [1.54, 1.807) is 0 Å². The maximum Gasteiger partial charge on any atom is 0.271 e. The molecule has 2 aromatic carbocycles. The largest absolute Gasteiger partial charge is 0.271 e. The fraction of sp³-hybridized carbons (Fsp3) is 0.0500. The molecule has 0 atom stereocenters. The summed E-state index contributed by atoms with van der Waals surface area (Å²) >= 11 is 2.81. The van der Waals surface area contributed by atoms with E-state index in [4.69, 9.17) is 0 Å². The normalized spacial score (nSPS) is 11.8. The second kappa shape index (κ2) is 8.90. The minimum atomic E-state index is -0.529. The smallest absolute Gasteiger partial charge is 0.267 e. The van der Waals surface area contributed by atoms with E-state index in [-0.39, 0.29) is 17.1 Å². The molecule has 11 heteroatoms. The number of aryl methyl sites for hydroxylation is 1. The van der Waals surface area contributed by atoms with Gasteiger partial charge in [-0.1, -0.05) is 23.5 Å². The van der Waals surface area contributed by atoms with Crippen molar-refractivity contribution in [3.05, 3.63) is 86.1 Å². The number of carbonyl (C=O) groups excluding carboxylic acids is 1. The van der Waals surface area contributed by atoms with Gasteiger partial charge < -0.3 is 0 Å². The standard InChI is InChI=1S/C20H14N6O3S2/c1-12-4-9-15-17(11-12)31-20(21-15)25-23-18(16-3-2-10-30-16)22-24-19(27)13-5-7-14(8-6-13)26(28)29/h2-11H,1H3,(H,24,27)/b22-18-,25-23?. The number of azo groups is 1. The molecule has 1 N–H and O–H groups in total. The Morgan fingerprint density at radius 2 is 1.97 bits per heavy atom. The summed E-state index contributed by atoms with van der Waals surface area (Å²) in [5, 5.41) is 25.6. The topological polar surface area (TPSA) is 122 Å². The van der Waals surface area contributed by atoms with Gasteiger partial charge in [-0.25, -0.2) is 10.4 Å². The van der Waals surface area contributed by atoms with Crippen LogP contribution < -0.4 is 5.43 Å². The molecule has 0 aliphatic heterocycles. The highest BCUT2D eigenvalue weighted by molar-refractivity contribution is 7.21. The molecular weight excluding hydrogens is 436 g/mol. The van der Waals surface area contributed by atoms with E-state index in [2.05, 4.69) is 25.7 Å². The third kappa shape index (κ3) is 4.85. The van der Waals surface area contributed by atoms with Crippen LogP contribution in [0, 0.1) is 17.0 Å². The van der Waals surface area contributed by atoms with Crippen molar-refractivity contribution >= 4 is 55.5 Å². The van der Waals surface area contributed by atoms with Crippen LogP contribution in [0.25, 0.3) is 10.2 Å². The quantitative estimate of drug-likeness (QED) is 0.143. The first-order valence-electron chi connectivity index (χ1n) is 8.95. The number of hydrogen-bond acceptors (Lipinski definition) is 8. The van der Waals surface area contributed by atoms with Crippen molar-refractivity contribution < 1.29 is 9.72 Å². The molecule has 0 unspecified atom stereocenters. The highest BCUT2D eigenvalue weighted by Crippen LogP contribution is 2.29. The predicted molar refractivity (Wildman–Crippen MR) is 120 cm³/mol. The molecule has 2 heterocycles. The summed E-state index contributed by atoms with van der Waals surface area (Å²) in [5.74, 6) is -0.296. The van der Waals surface area contributed by atoms with Crippen LogP contribution in [-0.2, 0) is 0 Å². The number of fused-ring (bicyclic) bond motifs is 1. The Balaban J connectivity index is 1.56. The van der Waals surface area contributed by atoms with Crippen LogP contribution in [0.4, 0.5) is 10.8 Å². The van der Waals surface area contributed by atoms with E-state index in [1.807, 2.05) is 42.6 Å². The van der Waals surface area contributed by atoms with Crippen LogP contribution in [0.3, 0.4) is 0 Å². The average Bonchev–Trinajstić information content (AvgIpc) is 3.43. The number of amides is 1. The minimum Gasteiger partial charge on any atom is -0.267 e. The summed E-state index contributed by atoms with van der Waals surface area (Å²) in [7, 11) is 0. The fourth-order valence-corrected chi connectivity index (χ4v) is 4.13. The number of non-ortho nitro benzene ring substituents is 1. The monoisotopic (exact) mass is 450 g/mol. The van der Waals surface area contributed by atoms with E-state index in [1.165, 1.54) is 46.9 Å². The van der Waals surface area contributed by atoms with E-state index >= 15 is 0 Å². The number of hydrogen-bond donors (Lipinski definition) is 1. The number of rotatable bonds is 5. The van der Waals surface area contributed by atoms with Crippen LogP contribution in [0.5, 0.6) is 0 Å². The number of nitro groups is 1. The number of nitro benzene ring substituents is 1. The SMILES string of the molecule is Cc1ccc2nc(N=N/C(=N\NC(=O)c3ccc([N+](=O)[O-])cc3)c3cccs3)sc2c1. The average molecular weight is 451 g/mol. The number of nitrogens with one attached hydrogen (secondary N) is 1. The summed E-state index contributed by atoms with van der Waals surface area (Å²) in [6, 6.07) is 14.8.